The minimum absolute atomic E-state index is 0.908. The van der Waals surface area contributed by atoms with Crippen LogP contribution in [0.3, 0.4) is 0 Å². The summed E-state index contributed by atoms with van der Waals surface area (Å²) < 4.78 is 3.21. The molecule has 1 aromatic heterocycles. The van der Waals surface area contributed by atoms with Crippen LogP contribution in [0.2, 0.25) is 5.02 Å². The third-order valence-electron chi connectivity index (χ3n) is 1.53. The first-order valence-electron chi connectivity index (χ1n) is 3.16. The van der Waals surface area contributed by atoms with E-state index in [9.17, 15) is 0 Å². The molecule has 1 nitrogen and oxygen atoms in total. The summed E-state index contributed by atoms with van der Waals surface area (Å²) in [6, 6.07) is 0. The highest BCUT2D eigenvalue weighted by molar-refractivity contribution is 14.1. The minimum atomic E-state index is 0.908. The van der Waals surface area contributed by atoms with E-state index in [0.29, 0.717) is 0 Å². The fraction of sp³-hybridized carbons (Fsp3) is 0.429. The molecule has 1 heterocycles. The van der Waals surface area contributed by atoms with Crippen molar-refractivity contribution in [3.8, 4) is 0 Å². The molecule has 10 heavy (non-hydrogen) atoms. The molecule has 1 rings (SSSR count). The van der Waals surface area contributed by atoms with Crippen LogP contribution >= 0.6 is 34.2 Å². The van der Waals surface area contributed by atoms with E-state index in [1.165, 1.54) is 5.69 Å². The largest absolute Gasteiger partial charge is 0.352 e. The monoisotopic (exact) mass is 269 g/mol. The molecule has 3 heteroatoms. The normalized spacial score (nSPS) is 10.4. The Kier molecular flexibility index (Phi) is 2.63. The quantitative estimate of drug-likeness (QED) is 0.691. The van der Waals surface area contributed by atoms with Gasteiger partial charge >= 0.3 is 0 Å². The van der Waals surface area contributed by atoms with E-state index in [-0.39, 0.29) is 0 Å². The maximum absolute atomic E-state index is 5.99. The molecule has 0 radical (unpaired) electrons. The highest BCUT2D eigenvalue weighted by Gasteiger charge is 2.06. The Balaban J connectivity index is 3.20. The molecule has 0 aromatic carbocycles. The predicted octanol–water partition coefficient (Wildman–Crippen LogP) is 2.85. The fourth-order valence-corrected chi connectivity index (χ4v) is 2.05. The van der Waals surface area contributed by atoms with Crippen LogP contribution in [0.25, 0.3) is 0 Å². The van der Waals surface area contributed by atoms with Gasteiger partial charge in [-0.05, 0) is 29.0 Å². The topological polar surface area (TPSA) is 4.93 Å². The Hall–Kier alpha value is 0.300. The lowest BCUT2D eigenvalue weighted by Crippen LogP contribution is -1.91. The number of rotatable bonds is 1. The van der Waals surface area contributed by atoms with Gasteiger partial charge in [0.2, 0.25) is 0 Å². The van der Waals surface area contributed by atoms with Gasteiger partial charge in [-0.2, -0.15) is 0 Å². The fourth-order valence-electron chi connectivity index (χ4n) is 1.00. The smallest absolute Gasteiger partial charge is 0.0748 e. The molecule has 56 valence electrons. The maximum atomic E-state index is 5.99. The van der Waals surface area contributed by atoms with Crippen molar-refractivity contribution in [2.24, 2.45) is 7.05 Å². The summed E-state index contributed by atoms with van der Waals surface area (Å²) in [7, 11) is 2.02. The van der Waals surface area contributed by atoms with E-state index >= 15 is 0 Å². The van der Waals surface area contributed by atoms with Gasteiger partial charge in [0.1, 0.15) is 0 Å². The lowest BCUT2D eigenvalue weighted by molar-refractivity contribution is 0.837. The van der Waals surface area contributed by atoms with Gasteiger partial charge in [-0.25, -0.2) is 0 Å². The number of halogens is 2. The van der Waals surface area contributed by atoms with Crippen LogP contribution in [0.1, 0.15) is 12.6 Å². The van der Waals surface area contributed by atoms with E-state index in [1.807, 2.05) is 13.2 Å². The van der Waals surface area contributed by atoms with Crippen LogP contribution < -0.4 is 0 Å². The van der Waals surface area contributed by atoms with Crippen molar-refractivity contribution in [2.45, 2.75) is 13.3 Å². The zero-order valence-electron chi connectivity index (χ0n) is 5.99. The van der Waals surface area contributed by atoms with Crippen LogP contribution in [0, 0.1) is 3.57 Å². The Labute approximate surface area is 79.5 Å². The molecule has 0 aliphatic carbocycles. The van der Waals surface area contributed by atoms with E-state index in [0.717, 1.165) is 15.0 Å². The van der Waals surface area contributed by atoms with Gasteiger partial charge < -0.3 is 4.57 Å². The van der Waals surface area contributed by atoms with Crippen molar-refractivity contribution in [3.63, 3.8) is 0 Å². The molecule has 1 aromatic rings. The molecule has 0 aliphatic rings. The molecular weight excluding hydrogens is 260 g/mol. The molecular formula is C7H9ClIN. The number of hydrogen-bond acceptors (Lipinski definition) is 0. The Morgan fingerprint density at radius 1 is 1.70 bits per heavy atom. The molecule has 0 saturated heterocycles. The SMILES string of the molecule is CCc1c(Cl)c(I)cn1C. The van der Waals surface area contributed by atoms with Crippen LogP contribution in [-0.2, 0) is 13.5 Å². The lowest BCUT2D eigenvalue weighted by Gasteiger charge is -1.97. The number of aryl methyl sites for hydroxylation is 1. The van der Waals surface area contributed by atoms with Crippen molar-refractivity contribution in [1.82, 2.24) is 4.57 Å². The molecule has 0 bridgehead atoms. The van der Waals surface area contributed by atoms with Crippen molar-refractivity contribution >= 4 is 34.2 Å². The number of hydrogen-bond donors (Lipinski definition) is 0. The summed E-state index contributed by atoms with van der Waals surface area (Å²) >= 11 is 8.23. The van der Waals surface area contributed by atoms with Gasteiger partial charge in [0.05, 0.1) is 5.02 Å². The van der Waals surface area contributed by atoms with Crippen LogP contribution in [0.5, 0.6) is 0 Å². The highest BCUT2D eigenvalue weighted by atomic mass is 127. The van der Waals surface area contributed by atoms with Gasteiger partial charge in [0.25, 0.3) is 0 Å². The highest BCUT2D eigenvalue weighted by Crippen LogP contribution is 2.24. The zero-order valence-corrected chi connectivity index (χ0v) is 8.90. The van der Waals surface area contributed by atoms with E-state index in [4.69, 9.17) is 11.6 Å². The second-order valence-electron chi connectivity index (χ2n) is 2.20. The minimum Gasteiger partial charge on any atom is -0.352 e. The molecule has 0 atom stereocenters. The summed E-state index contributed by atoms with van der Waals surface area (Å²) in [6.07, 6.45) is 3.04. The van der Waals surface area contributed by atoms with Crippen LogP contribution in [0.15, 0.2) is 6.20 Å². The average Bonchev–Trinajstić information content (AvgIpc) is 2.09. The molecule has 0 spiro atoms. The van der Waals surface area contributed by atoms with Crippen molar-refractivity contribution in [3.05, 3.63) is 20.5 Å². The zero-order chi connectivity index (χ0) is 7.72. The van der Waals surface area contributed by atoms with Crippen molar-refractivity contribution in [2.75, 3.05) is 0 Å². The first kappa shape index (κ1) is 8.40. The molecule has 0 unspecified atom stereocenters. The lowest BCUT2D eigenvalue weighted by atomic mass is 10.3. The van der Waals surface area contributed by atoms with Crippen molar-refractivity contribution < 1.29 is 0 Å². The van der Waals surface area contributed by atoms with Crippen LogP contribution in [0.4, 0.5) is 0 Å². The summed E-state index contributed by atoms with van der Waals surface area (Å²) in [5.74, 6) is 0. The first-order valence-corrected chi connectivity index (χ1v) is 4.61. The van der Waals surface area contributed by atoms with E-state index in [2.05, 4.69) is 34.1 Å². The summed E-state index contributed by atoms with van der Waals surface area (Å²) in [6.45, 7) is 2.11. The van der Waals surface area contributed by atoms with Crippen LogP contribution in [-0.4, -0.2) is 4.57 Å². The van der Waals surface area contributed by atoms with Gasteiger partial charge in [-0.3, -0.25) is 0 Å². The summed E-state index contributed by atoms with van der Waals surface area (Å²) in [5, 5.41) is 0.908. The molecule has 0 saturated carbocycles. The molecule has 0 N–H and O–H groups in total. The second kappa shape index (κ2) is 3.13. The number of aromatic nitrogens is 1. The maximum Gasteiger partial charge on any atom is 0.0748 e. The van der Waals surface area contributed by atoms with Gasteiger partial charge in [0, 0.05) is 22.5 Å². The predicted molar refractivity (Wildman–Crippen MR) is 52.5 cm³/mol. The third-order valence-corrected chi connectivity index (χ3v) is 3.09. The van der Waals surface area contributed by atoms with Gasteiger partial charge in [-0.15, -0.1) is 0 Å². The summed E-state index contributed by atoms with van der Waals surface area (Å²) in [5.41, 5.74) is 1.21. The second-order valence-corrected chi connectivity index (χ2v) is 3.74. The Morgan fingerprint density at radius 3 is 2.50 bits per heavy atom. The third kappa shape index (κ3) is 1.32. The number of nitrogens with zero attached hydrogens (tertiary/aromatic N) is 1. The first-order chi connectivity index (χ1) is 4.66. The van der Waals surface area contributed by atoms with E-state index < -0.39 is 0 Å². The average molecular weight is 270 g/mol. The van der Waals surface area contributed by atoms with Gasteiger partial charge in [0.15, 0.2) is 0 Å². The molecule has 0 amide bonds. The van der Waals surface area contributed by atoms with Gasteiger partial charge in [-0.1, -0.05) is 18.5 Å². The Bertz CT molecular complexity index is 242. The Morgan fingerprint density at radius 2 is 2.30 bits per heavy atom. The van der Waals surface area contributed by atoms with Crippen molar-refractivity contribution in [1.29, 1.82) is 0 Å². The van der Waals surface area contributed by atoms with E-state index in [1.54, 1.807) is 0 Å². The molecule has 0 aliphatic heterocycles. The molecule has 0 fully saturated rings. The standard InChI is InChI=1S/C7H9ClIN/c1-3-6-7(8)5(9)4-10(6)2/h4H,3H2,1-2H3. The summed E-state index contributed by atoms with van der Waals surface area (Å²) in [4.78, 5) is 0.